The van der Waals surface area contributed by atoms with Gasteiger partial charge in [-0.15, -0.1) is 0 Å². The number of nitrogens with zero attached hydrogens (tertiary/aromatic N) is 3. The van der Waals surface area contributed by atoms with Crippen molar-refractivity contribution < 1.29 is 14.3 Å². The van der Waals surface area contributed by atoms with Crippen LogP contribution in [0.25, 0.3) is 11.3 Å². The maximum absolute atomic E-state index is 13.5. The lowest BCUT2D eigenvalue weighted by molar-refractivity contribution is 0.0608. The summed E-state index contributed by atoms with van der Waals surface area (Å²) in [6, 6.07) is 11.7. The van der Waals surface area contributed by atoms with Crippen LogP contribution in [0.15, 0.2) is 48.8 Å². The van der Waals surface area contributed by atoms with Gasteiger partial charge in [0.2, 0.25) is 6.79 Å². The molecule has 1 N–H and O–H groups in total. The van der Waals surface area contributed by atoms with Crippen molar-refractivity contribution in [3.05, 3.63) is 60.0 Å². The summed E-state index contributed by atoms with van der Waals surface area (Å²) in [6.07, 6.45) is 9.19. The molecule has 1 amide bonds. The van der Waals surface area contributed by atoms with Crippen LogP contribution in [0.3, 0.4) is 0 Å². The summed E-state index contributed by atoms with van der Waals surface area (Å²) in [4.78, 5) is 19.6. The predicted molar refractivity (Wildman–Crippen MR) is 111 cm³/mol. The van der Waals surface area contributed by atoms with Crippen molar-refractivity contribution in [3.63, 3.8) is 0 Å². The number of hydrogen-bond acceptors (Lipinski definition) is 5. The minimum Gasteiger partial charge on any atom is -0.454 e. The van der Waals surface area contributed by atoms with E-state index in [0.717, 1.165) is 42.6 Å². The molecule has 1 fully saturated rings. The summed E-state index contributed by atoms with van der Waals surface area (Å²) >= 11 is 0. The van der Waals surface area contributed by atoms with Crippen LogP contribution in [-0.4, -0.2) is 38.8 Å². The lowest BCUT2D eigenvalue weighted by Crippen LogP contribution is -2.41. The van der Waals surface area contributed by atoms with Crippen LogP contribution in [-0.2, 0) is 6.54 Å². The highest BCUT2D eigenvalue weighted by atomic mass is 16.7. The number of nitrogens with one attached hydrogen (secondary N) is 1. The van der Waals surface area contributed by atoms with E-state index in [1.54, 1.807) is 12.4 Å². The second-order valence-electron chi connectivity index (χ2n) is 7.82. The van der Waals surface area contributed by atoms with Gasteiger partial charge in [-0.3, -0.25) is 14.9 Å². The maximum atomic E-state index is 13.5. The van der Waals surface area contributed by atoms with Crippen LogP contribution >= 0.6 is 0 Å². The topological polar surface area (TPSA) is 80.3 Å². The quantitative estimate of drug-likeness (QED) is 0.690. The molecular weight excluding hydrogens is 380 g/mol. The van der Waals surface area contributed by atoms with Crippen molar-refractivity contribution in [2.45, 2.75) is 44.7 Å². The average Bonchev–Trinajstić information content (AvgIpc) is 3.47. The second-order valence-corrected chi connectivity index (χ2v) is 7.82. The van der Waals surface area contributed by atoms with Gasteiger partial charge in [0.05, 0.1) is 5.69 Å². The maximum Gasteiger partial charge on any atom is 0.272 e. The zero-order valence-corrected chi connectivity index (χ0v) is 16.7. The molecule has 7 nitrogen and oxygen atoms in total. The van der Waals surface area contributed by atoms with E-state index in [9.17, 15) is 4.79 Å². The summed E-state index contributed by atoms with van der Waals surface area (Å²) in [5.74, 6) is 1.41. The lowest BCUT2D eigenvalue weighted by atomic mass is 9.93. The summed E-state index contributed by atoms with van der Waals surface area (Å²) < 4.78 is 10.8. The molecule has 0 unspecified atom stereocenters. The number of fused-ring (bicyclic) bond motifs is 1. The Hall–Kier alpha value is -3.35. The molecule has 0 saturated heterocycles. The van der Waals surface area contributed by atoms with Gasteiger partial charge in [-0.1, -0.05) is 19.3 Å². The van der Waals surface area contributed by atoms with Crippen molar-refractivity contribution in [2.24, 2.45) is 0 Å². The van der Waals surface area contributed by atoms with Crippen LogP contribution in [0, 0.1) is 0 Å². The molecule has 2 aromatic heterocycles. The minimum atomic E-state index is -0.0156. The van der Waals surface area contributed by atoms with E-state index in [4.69, 9.17) is 9.47 Å². The number of amides is 1. The first kappa shape index (κ1) is 18.7. The highest BCUT2D eigenvalue weighted by Gasteiger charge is 2.28. The Morgan fingerprint density at radius 2 is 1.83 bits per heavy atom. The summed E-state index contributed by atoms with van der Waals surface area (Å²) in [6.45, 7) is 0.804. The largest absolute Gasteiger partial charge is 0.454 e. The number of aromatic nitrogens is 3. The highest BCUT2D eigenvalue weighted by molar-refractivity contribution is 5.93. The molecule has 0 radical (unpaired) electrons. The summed E-state index contributed by atoms with van der Waals surface area (Å²) in [5, 5.41) is 7.34. The van der Waals surface area contributed by atoms with Gasteiger partial charge in [-0.25, -0.2) is 0 Å². The Labute approximate surface area is 175 Å². The lowest BCUT2D eigenvalue weighted by Gasteiger charge is -2.34. The Morgan fingerprint density at radius 3 is 2.67 bits per heavy atom. The molecule has 1 aromatic carbocycles. The number of aromatic amines is 1. The second kappa shape index (κ2) is 8.18. The first-order chi connectivity index (χ1) is 14.8. The van der Waals surface area contributed by atoms with E-state index in [1.807, 2.05) is 41.3 Å². The van der Waals surface area contributed by atoms with Crippen LogP contribution in [0.5, 0.6) is 11.5 Å². The zero-order chi connectivity index (χ0) is 20.3. The number of carbonyl (C=O) groups is 1. The van der Waals surface area contributed by atoms with Gasteiger partial charge in [0, 0.05) is 30.5 Å². The van der Waals surface area contributed by atoms with Gasteiger partial charge in [-0.05, 0) is 54.8 Å². The standard InChI is InChI=1S/C23H24N4O3/c28-23(27(18-4-2-1-3-5-18)14-16-8-10-24-11-9-16)20-13-19(25-26-20)17-6-7-21-22(12-17)30-15-29-21/h6-13,18H,1-5,14-15H2,(H,25,26). The van der Waals surface area contributed by atoms with Crippen molar-refractivity contribution in [3.8, 4) is 22.8 Å². The molecule has 0 spiro atoms. The van der Waals surface area contributed by atoms with E-state index < -0.39 is 0 Å². The number of rotatable bonds is 5. The average molecular weight is 404 g/mol. The molecular formula is C23H24N4O3. The van der Waals surface area contributed by atoms with E-state index in [0.29, 0.717) is 23.7 Å². The molecule has 0 bridgehead atoms. The molecule has 1 saturated carbocycles. The molecule has 30 heavy (non-hydrogen) atoms. The summed E-state index contributed by atoms with van der Waals surface area (Å²) in [5.41, 5.74) is 3.18. The van der Waals surface area contributed by atoms with Crippen LogP contribution < -0.4 is 9.47 Å². The van der Waals surface area contributed by atoms with Gasteiger partial charge >= 0.3 is 0 Å². The van der Waals surface area contributed by atoms with Gasteiger partial charge in [-0.2, -0.15) is 5.10 Å². The number of hydrogen-bond donors (Lipinski definition) is 1. The Morgan fingerprint density at radius 1 is 1.03 bits per heavy atom. The normalized spacial score (nSPS) is 15.9. The first-order valence-corrected chi connectivity index (χ1v) is 10.4. The van der Waals surface area contributed by atoms with Crippen LogP contribution in [0.2, 0.25) is 0 Å². The first-order valence-electron chi connectivity index (χ1n) is 10.4. The Bertz CT molecular complexity index is 1030. The third kappa shape index (κ3) is 3.75. The predicted octanol–water partition coefficient (Wildman–Crippen LogP) is 4.18. The highest BCUT2D eigenvalue weighted by Crippen LogP contribution is 2.35. The van der Waals surface area contributed by atoms with E-state index in [1.165, 1.54) is 6.42 Å². The molecule has 0 atom stereocenters. The van der Waals surface area contributed by atoms with Gasteiger partial charge in [0.25, 0.3) is 5.91 Å². The monoisotopic (exact) mass is 404 g/mol. The molecule has 154 valence electrons. The van der Waals surface area contributed by atoms with Crippen molar-refractivity contribution in [1.29, 1.82) is 0 Å². The van der Waals surface area contributed by atoms with E-state index in [2.05, 4.69) is 15.2 Å². The minimum absolute atomic E-state index is 0.0156. The molecule has 1 aliphatic heterocycles. The molecule has 2 aliphatic rings. The fraction of sp³-hybridized carbons (Fsp3) is 0.348. The van der Waals surface area contributed by atoms with E-state index >= 15 is 0 Å². The number of pyridine rings is 1. The molecule has 7 heteroatoms. The zero-order valence-electron chi connectivity index (χ0n) is 16.7. The fourth-order valence-corrected chi connectivity index (χ4v) is 4.23. The SMILES string of the molecule is O=C(c1cc(-c2ccc3c(c2)OCO3)n[nH]1)N(Cc1ccncc1)C1CCCCC1. The number of ether oxygens (including phenoxy) is 2. The van der Waals surface area contributed by atoms with Crippen molar-refractivity contribution >= 4 is 5.91 Å². The van der Waals surface area contributed by atoms with Gasteiger partial charge < -0.3 is 14.4 Å². The van der Waals surface area contributed by atoms with E-state index in [-0.39, 0.29) is 18.7 Å². The van der Waals surface area contributed by atoms with Gasteiger partial charge in [0.15, 0.2) is 11.5 Å². The Balaban J connectivity index is 1.40. The van der Waals surface area contributed by atoms with Crippen LogP contribution in [0.1, 0.15) is 48.2 Å². The van der Waals surface area contributed by atoms with Crippen molar-refractivity contribution in [2.75, 3.05) is 6.79 Å². The van der Waals surface area contributed by atoms with Crippen LogP contribution in [0.4, 0.5) is 0 Å². The number of carbonyl (C=O) groups excluding carboxylic acids is 1. The Kier molecular flexibility index (Phi) is 5.09. The third-order valence-electron chi connectivity index (χ3n) is 5.86. The van der Waals surface area contributed by atoms with Crippen molar-refractivity contribution in [1.82, 2.24) is 20.1 Å². The molecule has 3 aromatic rings. The fourth-order valence-electron chi connectivity index (χ4n) is 4.23. The number of H-pyrrole nitrogens is 1. The smallest absolute Gasteiger partial charge is 0.272 e. The summed E-state index contributed by atoms with van der Waals surface area (Å²) in [7, 11) is 0. The molecule has 3 heterocycles. The third-order valence-corrected chi connectivity index (χ3v) is 5.86. The van der Waals surface area contributed by atoms with Gasteiger partial charge in [0.1, 0.15) is 5.69 Å². The molecule has 5 rings (SSSR count). The molecule has 1 aliphatic carbocycles. The number of benzene rings is 1.